The van der Waals surface area contributed by atoms with Crippen LogP contribution in [-0.4, -0.2) is 54.1 Å². The number of hydroxylamine groups is 2. The molecule has 8 nitrogen and oxygen atoms in total. The second-order valence-electron chi connectivity index (χ2n) is 4.11. The van der Waals surface area contributed by atoms with E-state index in [9.17, 15) is 23.7 Å². The molecule has 2 rings (SSSR count). The quantitative estimate of drug-likeness (QED) is 0.633. The third-order valence-electron chi connectivity index (χ3n) is 2.90. The lowest BCUT2D eigenvalue weighted by Gasteiger charge is -2.30. The van der Waals surface area contributed by atoms with Gasteiger partial charge in [-0.05, 0) is 12.1 Å². The average Bonchev–Trinajstić information content (AvgIpc) is 2.39. The van der Waals surface area contributed by atoms with E-state index in [4.69, 9.17) is 0 Å². The van der Waals surface area contributed by atoms with Crippen molar-refractivity contribution in [3.8, 4) is 0 Å². The smallest absolute Gasteiger partial charge is 0.269 e. The van der Waals surface area contributed by atoms with Gasteiger partial charge >= 0.3 is 0 Å². The summed E-state index contributed by atoms with van der Waals surface area (Å²) in [6, 6.07) is 4.77. The minimum atomic E-state index is -3.65. The summed E-state index contributed by atoms with van der Waals surface area (Å²) in [5, 5.41) is 20.8. The van der Waals surface area contributed by atoms with Gasteiger partial charge < -0.3 is 5.21 Å². The molecule has 1 aromatic carbocycles. The summed E-state index contributed by atoms with van der Waals surface area (Å²) in [7, 11) is -3.65. The van der Waals surface area contributed by atoms with E-state index in [1.165, 1.54) is 16.4 Å². The first-order chi connectivity index (χ1) is 8.91. The van der Waals surface area contributed by atoms with Gasteiger partial charge in [0, 0.05) is 38.3 Å². The average molecular weight is 287 g/mol. The molecular weight excluding hydrogens is 274 g/mol. The zero-order valence-electron chi connectivity index (χ0n) is 9.97. The van der Waals surface area contributed by atoms with Gasteiger partial charge in [-0.25, -0.2) is 8.42 Å². The monoisotopic (exact) mass is 287 g/mol. The molecule has 1 heterocycles. The van der Waals surface area contributed by atoms with E-state index in [1.807, 2.05) is 0 Å². The van der Waals surface area contributed by atoms with Crippen LogP contribution in [0.4, 0.5) is 5.69 Å². The van der Waals surface area contributed by atoms with Gasteiger partial charge in [-0.1, -0.05) is 0 Å². The van der Waals surface area contributed by atoms with E-state index in [-0.39, 0.29) is 36.8 Å². The fourth-order valence-electron chi connectivity index (χ4n) is 1.81. The maximum Gasteiger partial charge on any atom is 0.269 e. The molecule has 19 heavy (non-hydrogen) atoms. The van der Waals surface area contributed by atoms with E-state index in [0.717, 1.165) is 17.2 Å². The summed E-state index contributed by atoms with van der Waals surface area (Å²) >= 11 is 0. The zero-order valence-corrected chi connectivity index (χ0v) is 10.8. The Morgan fingerprint density at radius 2 is 1.63 bits per heavy atom. The van der Waals surface area contributed by atoms with Gasteiger partial charge in [0.15, 0.2) is 0 Å². The van der Waals surface area contributed by atoms with Crippen molar-refractivity contribution >= 4 is 15.7 Å². The standard InChI is InChI=1S/C10H13N3O5S/c14-11-5-7-12(8-6-11)19(17,18)10-3-1-9(2-4-10)13(15)16/h1-4,14H,5-8H2. The molecule has 1 saturated heterocycles. The van der Waals surface area contributed by atoms with E-state index in [2.05, 4.69) is 0 Å². The second-order valence-corrected chi connectivity index (χ2v) is 6.05. The van der Waals surface area contributed by atoms with E-state index >= 15 is 0 Å². The Bertz CT molecular complexity index is 563. The Morgan fingerprint density at radius 3 is 2.11 bits per heavy atom. The van der Waals surface area contributed by atoms with Gasteiger partial charge in [0.2, 0.25) is 10.0 Å². The molecule has 0 unspecified atom stereocenters. The minimum absolute atomic E-state index is 0.0180. The van der Waals surface area contributed by atoms with Crippen LogP contribution in [0.25, 0.3) is 0 Å². The van der Waals surface area contributed by atoms with E-state index in [1.54, 1.807) is 0 Å². The van der Waals surface area contributed by atoms with Crippen molar-refractivity contribution in [1.29, 1.82) is 0 Å². The Hall–Kier alpha value is -1.55. The van der Waals surface area contributed by atoms with Crippen molar-refractivity contribution in [2.75, 3.05) is 26.2 Å². The molecule has 0 atom stereocenters. The Morgan fingerprint density at radius 1 is 1.11 bits per heavy atom. The maximum atomic E-state index is 12.2. The first-order valence-corrected chi connectivity index (χ1v) is 7.04. The van der Waals surface area contributed by atoms with Gasteiger partial charge in [-0.3, -0.25) is 10.1 Å². The summed E-state index contributed by atoms with van der Waals surface area (Å²) in [5.74, 6) is 0. The molecule has 0 amide bonds. The molecule has 1 fully saturated rings. The SMILES string of the molecule is O=[N+]([O-])c1ccc(S(=O)(=O)N2CCN(O)CC2)cc1. The number of benzene rings is 1. The summed E-state index contributed by atoms with van der Waals surface area (Å²) in [5.41, 5.74) is -0.154. The van der Waals surface area contributed by atoms with Crippen LogP contribution in [0.3, 0.4) is 0 Å². The summed E-state index contributed by atoms with van der Waals surface area (Å²) in [4.78, 5) is 9.95. The molecule has 0 radical (unpaired) electrons. The van der Waals surface area contributed by atoms with Crippen molar-refractivity contribution < 1.29 is 18.5 Å². The number of hydrogen-bond acceptors (Lipinski definition) is 6. The molecule has 1 aliphatic heterocycles. The maximum absolute atomic E-state index is 12.2. The first-order valence-electron chi connectivity index (χ1n) is 5.60. The highest BCUT2D eigenvalue weighted by molar-refractivity contribution is 7.89. The number of piperazine rings is 1. The lowest BCUT2D eigenvalue weighted by Crippen LogP contribution is -2.47. The zero-order chi connectivity index (χ0) is 14.0. The van der Waals surface area contributed by atoms with Crippen molar-refractivity contribution in [2.24, 2.45) is 0 Å². The van der Waals surface area contributed by atoms with Crippen LogP contribution < -0.4 is 0 Å². The molecule has 0 spiro atoms. The van der Waals surface area contributed by atoms with Crippen molar-refractivity contribution in [3.63, 3.8) is 0 Å². The first kappa shape index (κ1) is 13.9. The Kier molecular flexibility index (Phi) is 3.80. The van der Waals surface area contributed by atoms with Crippen LogP contribution in [0.1, 0.15) is 0 Å². The highest BCUT2D eigenvalue weighted by Gasteiger charge is 2.28. The van der Waals surface area contributed by atoms with Crippen LogP contribution >= 0.6 is 0 Å². The van der Waals surface area contributed by atoms with E-state index in [0.29, 0.717) is 0 Å². The molecule has 1 aliphatic rings. The van der Waals surface area contributed by atoms with E-state index < -0.39 is 14.9 Å². The highest BCUT2D eigenvalue weighted by Crippen LogP contribution is 2.20. The fourth-order valence-corrected chi connectivity index (χ4v) is 3.23. The lowest BCUT2D eigenvalue weighted by atomic mass is 10.3. The lowest BCUT2D eigenvalue weighted by molar-refractivity contribution is -0.384. The normalized spacial score (nSPS) is 18.4. The van der Waals surface area contributed by atoms with Gasteiger partial charge in [0.25, 0.3) is 5.69 Å². The third kappa shape index (κ3) is 2.89. The van der Waals surface area contributed by atoms with Gasteiger partial charge in [-0.15, -0.1) is 0 Å². The highest BCUT2D eigenvalue weighted by atomic mass is 32.2. The Balaban J connectivity index is 2.22. The predicted octanol–water partition coefficient (Wildman–Crippen LogP) is 0.290. The molecule has 1 N–H and O–H groups in total. The Labute approximate surface area is 110 Å². The molecule has 1 aromatic rings. The molecular formula is C10H13N3O5S. The number of nitro groups is 1. The van der Waals surface area contributed by atoms with Crippen molar-refractivity contribution in [1.82, 2.24) is 9.37 Å². The molecule has 0 aliphatic carbocycles. The van der Waals surface area contributed by atoms with Crippen molar-refractivity contribution in [2.45, 2.75) is 4.90 Å². The number of rotatable bonds is 3. The van der Waals surface area contributed by atoms with Crippen LogP contribution in [0.5, 0.6) is 0 Å². The summed E-state index contributed by atoms with van der Waals surface area (Å²) in [6.45, 7) is 0.865. The third-order valence-corrected chi connectivity index (χ3v) is 4.81. The number of nitro benzene ring substituents is 1. The summed E-state index contributed by atoms with van der Waals surface area (Å²) in [6.07, 6.45) is 0. The molecule has 0 bridgehead atoms. The number of nitrogens with zero attached hydrogens (tertiary/aromatic N) is 3. The fraction of sp³-hybridized carbons (Fsp3) is 0.400. The molecule has 104 valence electrons. The second kappa shape index (κ2) is 5.21. The van der Waals surface area contributed by atoms with Gasteiger partial charge in [-0.2, -0.15) is 9.37 Å². The predicted molar refractivity (Wildman–Crippen MR) is 65.2 cm³/mol. The van der Waals surface area contributed by atoms with Crippen LogP contribution in [0.15, 0.2) is 29.2 Å². The number of sulfonamides is 1. The number of hydrogen-bond donors (Lipinski definition) is 1. The minimum Gasteiger partial charge on any atom is -0.314 e. The largest absolute Gasteiger partial charge is 0.314 e. The topological polar surface area (TPSA) is 104 Å². The number of non-ortho nitro benzene ring substituents is 1. The van der Waals surface area contributed by atoms with Crippen molar-refractivity contribution in [3.05, 3.63) is 34.4 Å². The molecule has 0 aromatic heterocycles. The van der Waals surface area contributed by atoms with Gasteiger partial charge in [0.1, 0.15) is 0 Å². The van der Waals surface area contributed by atoms with Gasteiger partial charge in [0.05, 0.1) is 9.82 Å². The molecule has 9 heteroatoms. The van der Waals surface area contributed by atoms with Crippen LogP contribution in [0, 0.1) is 10.1 Å². The summed E-state index contributed by atoms with van der Waals surface area (Å²) < 4.78 is 25.7. The van der Waals surface area contributed by atoms with Crippen LogP contribution in [0.2, 0.25) is 0 Å². The van der Waals surface area contributed by atoms with Crippen LogP contribution in [-0.2, 0) is 10.0 Å². The molecule has 0 saturated carbocycles.